The lowest BCUT2D eigenvalue weighted by molar-refractivity contribution is -0.540. The van der Waals surface area contributed by atoms with Gasteiger partial charge >= 0.3 is 10.0 Å². The third-order valence-electron chi connectivity index (χ3n) is 6.70. The average molecular weight is 541 g/mol. The summed E-state index contributed by atoms with van der Waals surface area (Å²) in [4.78, 5) is 15.5. The van der Waals surface area contributed by atoms with Gasteiger partial charge < -0.3 is 4.90 Å². The Hall–Kier alpha value is -4.23. The molecule has 0 bridgehead atoms. The maximum Gasteiger partial charge on any atom is 0.420 e. The van der Waals surface area contributed by atoms with Crippen molar-refractivity contribution in [1.29, 1.82) is 0 Å². The molecule has 0 aliphatic rings. The van der Waals surface area contributed by atoms with Gasteiger partial charge in [0.25, 0.3) is 0 Å². The van der Waals surface area contributed by atoms with E-state index >= 15 is 0 Å². The molecular weight excluding hydrogens is 506 g/mol. The topological polar surface area (TPSA) is 60.7 Å². The van der Waals surface area contributed by atoms with Gasteiger partial charge in [-0.05, 0) is 44.9 Å². The summed E-state index contributed by atoms with van der Waals surface area (Å²) in [6.45, 7) is 6.64. The van der Waals surface area contributed by atoms with Gasteiger partial charge in [-0.25, -0.2) is 0 Å². The summed E-state index contributed by atoms with van der Waals surface area (Å²) in [7, 11) is -0.573. The summed E-state index contributed by atoms with van der Waals surface area (Å²) in [6, 6.07) is 32.5. The van der Waals surface area contributed by atoms with Crippen LogP contribution in [0.2, 0.25) is 0 Å². The molecule has 0 aliphatic carbocycles. The molecule has 0 fully saturated rings. The van der Waals surface area contributed by atoms with Crippen molar-refractivity contribution in [2.24, 2.45) is 0 Å². The number of carbonyl (C=O) groups is 1. The van der Waals surface area contributed by atoms with Crippen LogP contribution in [0.3, 0.4) is 0 Å². The van der Waals surface area contributed by atoms with Gasteiger partial charge in [-0.1, -0.05) is 97.1 Å². The second-order valence-electron chi connectivity index (χ2n) is 9.71. The number of nitrogens with zero attached hydrogens (tertiary/aromatic N) is 3. The highest BCUT2D eigenvalue weighted by Gasteiger charge is 2.31. The maximum absolute atomic E-state index is 13.5. The SMILES string of the molecule is C=[N+](N(C)C)S(=O)(=O)c1ccccc1-c1ccc(CN(Cc2ccccc2)C(=O)Cc2ccccc2C)cc1. The molecule has 0 saturated carbocycles. The lowest BCUT2D eigenvalue weighted by Crippen LogP contribution is -2.32. The minimum Gasteiger partial charge on any atom is -0.334 e. The van der Waals surface area contributed by atoms with Crippen LogP contribution in [0.5, 0.6) is 0 Å². The van der Waals surface area contributed by atoms with Crippen molar-refractivity contribution in [3.8, 4) is 11.1 Å². The van der Waals surface area contributed by atoms with Gasteiger partial charge in [0.05, 0.1) is 20.5 Å². The van der Waals surface area contributed by atoms with E-state index in [0.717, 1.165) is 31.9 Å². The number of rotatable bonds is 10. The highest BCUT2D eigenvalue weighted by atomic mass is 32.2. The van der Waals surface area contributed by atoms with Gasteiger partial charge in [0.15, 0.2) is 6.72 Å². The molecule has 0 N–H and O–H groups in total. The van der Waals surface area contributed by atoms with Crippen LogP contribution in [-0.4, -0.2) is 49.1 Å². The van der Waals surface area contributed by atoms with Crippen molar-refractivity contribution in [1.82, 2.24) is 9.91 Å². The Balaban J connectivity index is 1.60. The monoisotopic (exact) mass is 540 g/mol. The molecule has 39 heavy (non-hydrogen) atoms. The van der Waals surface area contributed by atoms with Crippen molar-refractivity contribution in [2.45, 2.75) is 31.3 Å². The number of benzene rings is 4. The zero-order valence-corrected chi connectivity index (χ0v) is 23.4. The minimum absolute atomic E-state index is 0.0490. The summed E-state index contributed by atoms with van der Waals surface area (Å²) in [5.41, 5.74) is 5.50. The van der Waals surface area contributed by atoms with E-state index in [4.69, 9.17) is 0 Å². The van der Waals surface area contributed by atoms with Gasteiger partial charge in [0.1, 0.15) is 4.90 Å². The average Bonchev–Trinajstić information content (AvgIpc) is 2.94. The quantitative estimate of drug-likeness (QED) is 0.155. The fraction of sp³-hybridized carbons (Fsp3) is 0.188. The molecule has 200 valence electrons. The smallest absolute Gasteiger partial charge is 0.334 e. The first-order valence-electron chi connectivity index (χ1n) is 12.7. The third-order valence-corrected chi connectivity index (χ3v) is 8.49. The second-order valence-corrected chi connectivity index (χ2v) is 11.5. The largest absolute Gasteiger partial charge is 0.420 e. The van der Waals surface area contributed by atoms with Crippen LogP contribution in [0.4, 0.5) is 0 Å². The van der Waals surface area contributed by atoms with E-state index < -0.39 is 10.0 Å². The predicted molar refractivity (Wildman–Crippen MR) is 156 cm³/mol. The van der Waals surface area contributed by atoms with Gasteiger partial charge in [0.2, 0.25) is 5.91 Å². The molecule has 0 radical (unpaired) electrons. The lowest BCUT2D eigenvalue weighted by Gasteiger charge is -2.24. The highest BCUT2D eigenvalue weighted by molar-refractivity contribution is 7.85. The molecule has 0 spiro atoms. The first-order valence-corrected chi connectivity index (χ1v) is 14.2. The van der Waals surface area contributed by atoms with Crippen LogP contribution in [0, 0.1) is 6.92 Å². The molecule has 0 unspecified atom stereocenters. The van der Waals surface area contributed by atoms with Crippen LogP contribution >= 0.6 is 0 Å². The summed E-state index contributed by atoms with van der Waals surface area (Å²) in [6.07, 6.45) is 0.330. The summed E-state index contributed by atoms with van der Waals surface area (Å²) in [5, 5.41) is 1.42. The normalized spacial score (nSPS) is 11.2. The van der Waals surface area contributed by atoms with Crippen molar-refractivity contribution >= 4 is 22.6 Å². The van der Waals surface area contributed by atoms with Crippen molar-refractivity contribution < 1.29 is 17.3 Å². The summed E-state index contributed by atoms with van der Waals surface area (Å²) < 4.78 is 27.3. The number of hydrazone groups is 1. The van der Waals surface area contributed by atoms with Gasteiger partial charge in [-0.3, -0.25) is 4.79 Å². The number of sulfonamides is 1. The van der Waals surface area contributed by atoms with Crippen LogP contribution in [0.1, 0.15) is 22.3 Å². The van der Waals surface area contributed by atoms with Crippen molar-refractivity contribution in [2.75, 3.05) is 14.1 Å². The number of hydrazine groups is 1. The Morgan fingerprint density at radius 3 is 1.97 bits per heavy atom. The fourth-order valence-electron chi connectivity index (χ4n) is 4.39. The molecule has 4 aromatic carbocycles. The summed E-state index contributed by atoms with van der Waals surface area (Å²) >= 11 is 0. The number of hydrogen-bond donors (Lipinski definition) is 0. The molecule has 0 saturated heterocycles. The molecule has 4 aromatic rings. The fourth-order valence-corrected chi connectivity index (χ4v) is 5.76. The van der Waals surface area contributed by atoms with Crippen molar-refractivity contribution in [3.05, 3.63) is 125 Å². The van der Waals surface area contributed by atoms with E-state index in [1.807, 2.05) is 96.8 Å². The third kappa shape index (κ3) is 6.62. The Morgan fingerprint density at radius 2 is 1.33 bits per heavy atom. The molecule has 0 atom stereocenters. The second kappa shape index (κ2) is 12.1. The van der Waals surface area contributed by atoms with E-state index in [2.05, 4.69) is 6.72 Å². The molecule has 0 aliphatic heterocycles. The molecule has 6 nitrogen and oxygen atoms in total. The van der Waals surface area contributed by atoms with E-state index in [-0.39, 0.29) is 10.8 Å². The number of carbonyl (C=O) groups excluding carboxylic acids is 1. The number of amides is 1. The Morgan fingerprint density at radius 1 is 0.769 bits per heavy atom. The number of hydrogen-bond acceptors (Lipinski definition) is 4. The zero-order chi connectivity index (χ0) is 28.0. The number of aryl methyl sites for hydroxylation is 1. The molecule has 0 aromatic heterocycles. The van der Waals surface area contributed by atoms with E-state index in [1.165, 1.54) is 5.01 Å². The molecule has 1 amide bonds. The Bertz CT molecular complexity index is 1560. The first-order chi connectivity index (χ1) is 18.7. The van der Waals surface area contributed by atoms with E-state index in [9.17, 15) is 13.2 Å². The Labute approximate surface area is 231 Å². The summed E-state index contributed by atoms with van der Waals surface area (Å²) in [5.74, 6) is 0.0490. The Kier molecular flexibility index (Phi) is 8.62. The van der Waals surface area contributed by atoms with E-state index in [0.29, 0.717) is 25.1 Å². The van der Waals surface area contributed by atoms with Crippen LogP contribution in [-0.2, 0) is 34.3 Å². The molecule has 7 heteroatoms. The van der Waals surface area contributed by atoms with Crippen LogP contribution in [0.15, 0.2) is 108 Å². The predicted octanol–water partition coefficient (Wildman–Crippen LogP) is 5.31. The highest BCUT2D eigenvalue weighted by Crippen LogP contribution is 2.29. The molecule has 4 rings (SSSR count). The van der Waals surface area contributed by atoms with Gasteiger partial charge in [0, 0.05) is 18.7 Å². The first kappa shape index (κ1) is 27.8. The standard InChI is InChI=1S/C32H34N3O3S/c1-25-12-8-9-15-29(25)22-32(36)35(23-26-13-6-5-7-14-26)24-27-18-20-28(21-19-27)30-16-10-11-17-31(30)39(37,38)34(4)33(2)3/h5-21H,4,22-24H2,1-3H3/q+1. The van der Waals surface area contributed by atoms with Crippen LogP contribution in [0.25, 0.3) is 11.1 Å². The van der Waals surface area contributed by atoms with E-state index in [1.54, 1.807) is 32.3 Å². The molecule has 0 heterocycles. The van der Waals surface area contributed by atoms with Gasteiger partial charge in [-0.2, -0.15) is 13.4 Å². The van der Waals surface area contributed by atoms with Crippen molar-refractivity contribution in [3.63, 3.8) is 0 Å². The van der Waals surface area contributed by atoms with Gasteiger partial charge in [-0.15, -0.1) is 0 Å². The lowest BCUT2D eigenvalue weighted by atomic mass is 10.0. The minimum atomic E-state index is -3.83. The molecular formula is C32H34N3O3S+. The maximum atomic E-state index is 13.5. The van der Waals surface area contributed by atoms with Crippen LogP contribution < -0.4 is 0 Å². The zero-order valence-electron chi connectivity index (χ0n) is 22.6.